The topological polar surface area (TPSA) is 63.6 Å². The lowest BCUT2D eigenvalue weighted by Gasteiger charge is -2.26. The molecule has 1 heterocycles. The summed E-state index contributed by atoms with van der Waals surface area (Å²) in [5.74, 6) is 0.488. The van der Waals surface area contributed by atoms with Crippen molar-refractivity contribution in [2.45, 2.75) is 18.9 Å². The average Bonchev–Trinajstić information content (AvgIpc) is 2.38. The maximum Gasteiger partial charge on any atom is 0.235 e. The highest BCUT2D eigenvalue weighted by Gasteiger charge is 2.30. The summed E-state index contributed by atoms with van der Waals surface area (Å²) >= 11 is 0. The van der Waals surface area contributed by atoms with Crippen molar-refractivity contribution in [3.8, 4) is 0 Å². The zero-order valence-electron chi connectivity index (χ0n) is 9.95. The number of nitrogens with zero attached hydrogens (tertiary/aromatic N) is 1. The van der Waals surface area contributed by atoms with Gasteiger partial charge in [0.1, 0.15) is 9.84 Å². The molecule has 0 bridgehead atoms. The first-order valence-electron chi connectivity index (χ1n) is 5.95. The molecule has 2 rings (SSSR count). The smallest absolute Gasteiger partial charge is 0.229 e. The molecule has 1 unspecified atom stereocenters. The third-order valence-corrected chi connectivity index (χ3v) is 5.09. The van der Waals surface area contributed by atoms with E-state index in [1.165, 1.54) is 0 Å². The Bertz CT molecular complexity index is 533. The average molecular weight is 265 g/mol. The standard InChI is InChI=1S/C13H15NO3S/c15-10-14-13(11-4-2-1-3-5-11)12-6-8-18(16,17)9-7-12/h1-5,12-13H,6-9H2. The number of isocyanates is 1. The van der Waals surface area contributed by atoms with Gasteiger partial charge in [-0.3, -0.25) is 0 Å². The maximum atomic E-state index is 11.4. The van der Waals surface area contributed by atoms with Crippen LogP contribution in [0.4, 0.5) is 0 Å². The van der Waals surface area contributed by atoms with E-state index >= 15 is 0 Å². The molecule has 18 heavy (non-hydrogen) atoms. The highest BCUT2D eigenvalue weighted by molar-refractivity contribution is 7.91. The van der Waals surface area contributed by atoms with Crippen LogP contribution in [0.15, 0.2) is 35.3 Å². The molecular weight excluding hydrogens is 250 g/mol. The first-order chi connectivity index (χ1) is 8.62. The molecule has 0 radical (unpaired) electrons. The molecule has 0 aromatic heterocycles. The minimum Gasteiger partial charge on any atom is -0.229 e. The highest BCUT2D eigenvalue weighted by atomic mass is 32.2. The second-order valence-electron chi connectivity index (χ2n) is 4.57. The normalized spacial score (nSPS) is 20.9. The molecule has 0 aliphatic carbocycles. The SMILES string of the molecule is O=C=NC(c1ccccc1)C1CCS(=O)(=O)CC1. The third-order valence-electron chi connectivity index (χ3n) is 3.38. The van der Waals surface area contributed by atoms with Gasteiger partial charge in [-0.2, -0.15) is 4.99 Å². The van der Waals surface area contributed by atoms with E-state index in [1.807, 2.05) is 30.3 Å². The van der Waals surface area contributed by atoms with Gasteiger partial charge >= 0.3 is 0 Å². The Labute approximate surface area is 107 Å². The molecule has 0 N–H and O–H groups in total. The molecule has 0 saturated carbocycles. The molecule has 0 spiro atoms. The van der Waals surface area contributed by atoms with Crippen LogP contribution < -0.4 is 0 Å². The summed E-state index contributed by atoms with van der Waals surface area (Å²) in [4.78, 5) is 14.4. The molecule has 5 heteroatoms. The number of rotatable bonds is 3. The monoisotopic (exact) mass is 265 g/mol. The van der Waals surface area contributed by atoms with Crippen molar-refractivity contribution in [3.63, 3.8) is 0 Å². The largest absolute Gasteiger partial charge is 0.235 e. The summed E-state index contributed by atoms with van der Waals surface area (Å²) in [6.45, 7) is 0. The quantitative estimate of drug-likeness (QED) is 0.619. The van der Waals surface area contributed by atoms with Crippen LogP contribution in [-0.4, -0.2) is 26.0 Å². The van der Waals surface area contributed by atoms with Gasteiger partial charge in [0.25, 0.3) is 0 Å². The van der Waals surface area contributed by atoms with Gasteiger partial charge < -0.3 is 0 Å². The molecule has 1 atom stereocenters. The van der Waals surface area contributed by atoms with Crippen molar-refractivity contribution in [2.24, 2.45) is 10.9 Å². The molecule has 4 nitrogen and oxygen atoms in total. The minimum atomic E-state index is -2.89. The Morgan fingerprint density at radius 3 is 2.33 bits per heavy atom. The van der Waals surface area contributed by atoms with Crippen LogP contribution in [0.5, 0.6) is 0 Å². The number of hydrogen-bond acceptors (Lipinski definition) is 4. The third kappa shape index (κ3) is 3.06. The lowest BCUT2D eigenvalue weighted by molar-refractivity contribution is 0.391. The maximum absolute atomic E-state index is 11.4. The Hall–Kier alpha value is -1.45. The molecule has 0 amide bonds. The van der Waals surface area contributed by atoms with Crippen molar-refractivity contribution >= 4 is 15.9 Å². The Balaban J connectivity index is 2.20. The van der Waals surface area contributed by atoms with Gasteiger partial charge in [0.05, 0.1) is 17.5 Å². The van der Waals surface area contributed by atoms with Crippen molar-refractivity contribution in [1.29, 1.82) is 0 Å². The molecule has 1 aromatic rings. The van der Waals surface area contributed by atoms with Gasteiger partial charge in [0.15, 0.2) is 0 Å². The lowest BCUT2D eigenvalue weighted by atomic mass is 9.89. The first kappa shape index (κ1) is 13.0. The van der Waals surface area contributed by atoms with Crippen LogP contribution in [0, 0.1) is 5.92 Å². The van der Waals surface area contributed by atoms with Gasteiger partial charge in [-0.1, -0.05) is 30.3 Å². The number of sulfone groups is 1. The van der Waals surface area contributed by atoms with Gasteiger partial charge in [-0.25, -0.2) is 13.2 Å². The van der Waals surface area contributed by atoms with E-state index < -0.39 is 9.84 Å². The van der Waals surface area contributed by atoms with Gasteiger partial charge in [0.2, 0.25) is 6.08 Å². The minimum absolute atomic E-state index is 0.109. The molecule has 1 aliphatic rings. The van der Waals surface area contributed by atoms with Crippen molar-refractivity contribution in [3.05, 3.63) is 35.9 Å². The summed E-state index contributed by atoms with van der Waals surface area (Å²) in [6.07, 6.45) is 2.74. The molecule has 1 aliphatic heterocycles. The van der Waals surface area contributed by atoms with E-state index in [0.717, 1.165) is 5.56 Å². The van der Waals surface area contributed by atoms with E-state index in [1.54, 1.807) is 6.08 Å². The van der Waals surface area contributed by atoms with Crippen LogP contribution in [0.1, 0.15) is 24.4 Å². The molecular formula is C13H15NO3S. The number of carbonyl (C=O) groups excluding carboxylic acids is 1. The van der Waals surface area contributed by atoms with Crippen molar-refractivity contribution < 1.29 is 13.2 Å². The predicted molar refractivity (Wildman–Crippen MR) is 68.7 cm³/mol. The summed E-state index contributed by atoms with van der Waals surface area (Å²) in [7, 11) is -2.89. The van der Waals surface area contributed by atoms with Crippen LogP contribution in [0.25, 0.3) is 0 Å². The fourth-order valence-corrected chi connectivity index (χ4v) is 3.91. The number of aliphatic imine (C=N–C) groups is 1. The summed E-state index contributed by atoms with van der Waals surface area (Å²) in [6, 6.07) is 9.24. The molecule has 1 fully saturated rings. The van der Waals surface area contributed by atoms with Gasteiger partial charge in [0, 0.05) is 0 Å². The Morgan fingerprint density at radius 1 is 1.17 bits per heavy atom. The van der Waals surface area contributed by atoms with E-state index in [4.69, 9.17) is 0 Å². The first-order valence-corrected chi connectivity index (χ1v) is 7.77. The lowest BCUT2D eigenvalue weighted by Crippen LogP contribution is -2.26. The Morgan fingerprint density at radius 2 is 1.78 bits per heavy atom. The van der Waals surface area contributed by atoms with Gasteiger partial charge in [-0.05, 0) is 24.3 Å². The van der Waals surface area contributed by atoms with Crippen LogP contribution in [0.3, 0.4) is 0 Å². The van der Waals surface area contributed by atoms with E-state index in [9.17, 15) is 13.2 Å². The van der Waals surface area contributed by atoms with E-state index in [2.05, 4.69) is 4.99 Å². The highest BCUT2D eigenvalue weighted by Crippen LogP contribution is 2.34. The van der Waals surface area contributed by atoms with Crippen LogP contribution in [-0.2, 0) is 14.6 Å². The fraction of sp³-hybridized carbons (Fsp3) is 0.462. The van der Waals surface area contributed by atoms with Crippen molar-refractivity contribution in [2.75, 3.05) is 11.5 Å². The summed E-state index contributed by atoms with van der Waals surface area (Å²) in [5, 5.41) is 0. The van der Waals surface area contributed by atoms with E-state index in [0.29, 0.717) is 12.8 Å². The zero-order chi connectivity index (χ0) is 13.0. The van der Waals surface area contributed by atoms with Crippen molar-refractivity contribution in [1.82, 2.24) is 0 Å². The van der Waals surface area contributed by atoms with Crippen LogP contribution in [0.2, 0.25) is 0 Å². The summed E-state index contributed by atoms with van der Waals surface area (Å²) in [5.41, 5.74) is 0.949. The van der Waals surface area contributed by atoms with Gasteiger partial charge in [-0.15, -0.1) is 0 Å². The second kappa shape index (κ2) is 5.46. The fourth-order valence-electron chi connectivity index (χ4n) is 2.38. The second-order valence-corrected chi connectivity index (χ2v) is 6.87. The van der Waals surface area contributed by atoms with E-state index in [-0.39, 0.29) is 23.5 Å². The summed E-state index contributed by atoms with van der Waals surface area (Å²) < 4.78 is 22.8. The molecule has 1 saturated heterocycles. The predicted octanol–water partition coefficient (Wildman–Crippen LogP) is 1.89. The molecule has 96 valence electrons. The Kier molecular flexibility index (Phi) is 3.94. The number of benzene rings is 1. The molecule has 1 aromatic carbocycles. The van der Waals surface area contributed by atoms with Crippen LogP contribution >= 0.6 is 0 Å². The number of hydrogen-bond donors (Lipinski definition) is 0. The zero-order valence-corrected chi connectivity index (χ0v) is 10.8.